The lowest BCUT2D eigenvalue weighted by atomic mass is 10.3. The highest BCUT2D eigenvalue weighted by molar-refractivity contribution is 7.81. The molecule has 4 heteroatoms. The van der Waals surface area contributed by atoms with Crippen molar-refractivity contribution in [2.75, 3.05) is 25.0 Å². The fourth-order valence-corrected chi connectivity index (χ4v) is 2.02. The van der Waals surface area contributed by atoms with E-state index in [0.717, 1.165) is 13.1 Å². The first-order chi connectivity index (χ1) is 6.70. The molecular weight excluding hydrogens is 199 g/mol. The van der Waals surface area contributed by atoms with Gasteiger partial charge >= 0.3 is 0 Å². The highest BCUT2D eigenvalue weighted by atomic mass is 32.1. The molecule has 0 bridgehead atoms. The normalized spacial score (nSPS) is 23.1. The number of hydrogen-bond donors (Lipinski definition) is 1. The minimum Gasteiger partial charge on any atom is -0.344 e. The van der Waals surface area contributed by atoms with Crippen LogP contribution in [0.4, 0.5) is 10.1 Å². The van der Waals surface area contributed by atoms with E-state index in [0.29, 0.717) is 5.69 Å². The van der Waals surface area contributed by atoms with E-state index < -0.39 is 0 Å². The summed E-state index contributed by atoms with van der Waals surface area (Å²) in [5.74, 6) is -0.179. The molecule has 14 heavy (non-hydrogen) atoms. The van der Waals surface area contributed by atoms with Crippen LogP contribution in [0.5, 0.6) is 0 Å². The van der Waals surface area contributed by atoms with Crippen molar-refractivity contribution in [3.8, 4) is 0 Å². The van der Waals surface area contributed by atoms with Gasteiger partial charge in [0.15, 0.2) is 0 Å². The lowest BCUT2D eigenvalue weighted by Gasteiger charge is -2.25. The van der Waals surface area contributed by atoms with E-state index >= 15 is 0 Å². The molecule has 0 radical (unpaired) electrons. The summed E-state index contributed by atoms with van der Waals surface area (Å²) in [6.07, 6.45) is 0. The van der Waals surface area contributed by atoms with Gasteiger partial charge in [-0.25, -0.2) is 4.39 Å². The number of hydrogen-bond acceptors (Lipinski definition) is 3. The third-order valence-corrected chi connectivity index (χ3v) is 3.20. The predicted octanol–water partition coefficient (Wildman–Crippen LogP) is 1.79. The van der Waals surface area contributed by atoms with Crippen molar-refractivity contribution in [3.63, 3.8) is 0 Å². The van der Waals surface area contributed by atoms with Crippen molar-refractivity contribution >= 4 is 18.3 Å². The molecule has 1 fully saturated rings. The van der Waals surface area contributed by atoms with Crippen molar-refractivity contribution < 1.29 is 4.39 Å². The smallest absolute Gasteiger partial charge is 0.146 e. The molecule has 2 nitrogen and oxygen atoms in total. The van der Waals surface area contributed by atoms with Gasteiger partial charge in [0.2, 0.25) is 0 Å². The Balaban J connectivity index is 2.28. The molecule has 1 aliphatic rings. The van der Waals surface area contributed by atoms with Gasteiger partial charge in [-0.2, -0.15) is 0 Å². The summed E-state index contributed by atoms with van der Waals surface area (Å²) in [4.78, 5) is 4.04. The van der Waals surface area contributed by atoms with Crippen LogP contribution in [-0.4, -0.2) is 30.5 Å². The molecule has 1 aliphatic heterocycles. The Bertz CT molecular complexity index is 332. The number of thiol groups is 1. The second-order valence-electron chi connectivity index (χ2n) is 3.47. The Kier molecular flexibility index (Phi) is 2.65. The van der Waals surface area contributed by atoms with Gasteiger partial charge < -0.3 is 4.90 Å². The van der Waals surface area contributed by atoms with Crippen LogP contribution >= 0.6 is 12.6 Å². The highest BCUT2D eigenvalue weighted by Gasteiger charge is 2.27. The molecule has 1 aromatic rings. The van der Waals surface area contributed by atoms with Crippen molar-refractivity contribution in [1.29, 1.82) is 0 Å². The van der Waals surface area contributed by atoms with Gasteiger partial charge in [-0.05, 0) is 19.2 Å². The van der Waals surface area contributed by atoms with Crippen LogP contribution in [-0.2, 0) is 0 Å². The minimum atomic E-state index is -0.179. The molecule has 1 heterocycles. The van der Waals surface area contributed by atoms with Gasteiger partial charge in [-0.15, -0.1) is 12.6 Å². The molecule has 0 aromatic heterocycles. The monoisotopic (exact) mass is 212 g/mol. The molecule has 0 saturated carbocycles. The summed E-state index contributed by atoms with van der Waals surface area (Å²) in [6, 6.07) is 6.81. The zero-order chi connectivity index (χ0) is 10.1. The first-order valence-corrected chi connectivity index (χ1v) is 5.11. The third-order valence-electron chi connectivity index (χ3n) is 2.53. The van der Waals surface area contributed by atoms with E-state index in [1.54, 1.807) is 12.1 Å². The number of likely N-dealkylation sites (N-methyl/N-ethyl adjacent to an activating group) is 1. The van der Waals surface area contributed by atoms with Crippen LogP contribution in [0.3, 0.4) is 0 Å². The van der Waals surface area contributed by atoms with E-state index in [1.807, 2.05) is 18.0 Å². The molecule has 1 unspecified atom stereocenters. The molecule has 0 spiro atoms. The zero-order valence-corrected chi connectivity index (χ0v) is 8.91. The van der Waals surface area contributed by atoms with Crippen LogP contribution in [0, 0.1) is 5.82 Å². The maximum Gasteiger partial charge on any atom is 0.146 e. The summed E-state index contributed by atoms with van der Waals surface area (Å²) in [5.41, 5.74) is 0.615. The number of anilines is 1. The van der Waals surface area contributed by atoms with Crippen molar-refractivity contribution in [1.82, 2.24) is 4.90 Å². The molecule has 1 saturated heterocycles. The molecule has 1 atom stereocenters. The van der Waals surface area contributed by atoms with E-state index in [4.69, 9.17) is 0 Å². The number of para-hydroxylation sites is 1. The number of nitrogens with zero attached hydrogens (tertiary/aromatic N) is 2. The first-order valence-electron chi connectivity index (χ1n) is 4.59. The first kappa shape index (κ1) is 9.80. The van der Waals surface area contributed by atoms with E-state index in [1.165, 1.54) is 6.07 Å². The van der Waals surface area contributed by atoms with Gasteiger partial charge in [0.1, 0.15) is 11.3 Å². The molecule has 2 rings (SSSR count). The SMILES string of the molecule is CN1CCN(c2ccccc2F)C1S. The average Bonchev–Trinajstić information content (AvgIpc) is 2.49. The van der Waals surface area contributed by atoms with Crippen molar-refractivity contribution in [3.05, 3.63) is 30.1 Å². The Morgan fingerprint density at radius 3 is 2.64 bits per heavy atom. The van der Waals surface area contributed by atoms with Crippen molar-refractivity contribution in [2.24, 2.45) is 0 Å². The van der Waals surface area contributed by atoms with Gasteiger partial charge in [0, 0.05) is 13.1 Å². The van der Waals surface area contributed by atoms with Crippen LogP contribution in [0.25, 0.3) is 0 Å². The number of rotatable bonds is 1. The second-order valence-corrected chi connectivity index (χ2v) is 3.93. The van der Waals surface area contributed by atoms with Crippen LogP contribution in [0.15, 0.2) is 24.3 Å². The number of halogens is 1. The Morgan fingerprint density at radius 1 is 1.36 bits per heavy atom. The Morgan fingerprint density at radius 2 is 2.07 bits per heavy atom. The maximum absolute atomic E-state index is 13.4. The van der Waals surface area contributed by atoms with Gasteiger partial charge in [-0.1, -0.05) is 12.1 Å². The average molecular weight is 212 g/mol. The van der Waals surface area contributed by atoms with E-state index in [9.17, 15) is 4.39 Å². The van der Waals surface area contributed by atoms with Crippen molar-refractivity contribution in [2.45, 2.75) is 5.50 Å². The minimum absolute atomic E-state index is 0.0214. The van der Waals surface area contributed by atoms with E-state index in [2.05, 4.69) is 17.5 Å². The molecule has 0 amide bonds. The summed E-state index contributed by atoms with van der Waals surface area (Å²) in [6.45, 7) is 1.74. The van der Waals surface area contributed by atoms with Crippen LogP contribution < -0.4 is 4.90 Å². The zero-order valence-electron chi connectivity index (χ0n) is 8.02. The highest BCUT2D eigenvalue weighted by Crippen LogP contribution is 2.26. The summed E-state index contributed by atoms with van der Waals surface area (Å²) >= 11 is 4.43. The lowest BCUT2D eigenvalue weighted by molar-refractivity contribution is 0.394. The van der Waals surface area contributed by atoms with Gasteiger partial charge in [0.25, 0.3) is 0 Å². The maximum atomic E-state index is 13.4. The molecule has 1 aromatic carbocycles. The van der Waals surface area contributed by atoms with Gasteiger partial charge in [0.05, 0.1) is 5.69 Å². The fourth-order valence-electron chi connectivity index (χ4n) is 1.66. The Labute approximate surface area is 88.7 Å². The molecule has 76 valence electrons. The second kappa shape index (κ2) is 3.79. The van der Waals surface area contributed by atoms with Gasteiger partial charge in [-0.3, -0.25) is 4.90 Å². The predicted molar refractivity (Wildman–Crippen MR) is 59.2 cm³/mol. The molecule has 0 aliphatic carbocycles. The fraction of sp³-hybridized carbons (Fsp3) is 0.400. The summed E-state index contributed by atoms with van der Waals surface area (Å²) < 4.78 is 13.4. The third kappa shape index (κ3) is 1.60. The van der Waals surface area contributed by atoms with Crippen LogP contribution in [0.2, 0.25) is 0 Å². The molecular formula is C10H13FN2S. The summed E-state index contributed by atoms with van der Waals surface area (Å²) in [5, 5.41) is 0. The van der Waals surface area contributed by atoms with Crippen LogP contribution in [0.1, 0.15) is 0 Å². The number of benzene rings is 1. The topological polar surface area (TPSA) is 6.48 Å². The standard InChI is InChI=1S/C10H13FN2S/c1-12-6-7-13(10(12)14)9-5-3-2-4-8(9)11/h2-5,10,14H,6-7H2,1H3. The lowest BCUT2D eigenvalue weighted by Crippen LogP contribution is -2.32. The quantitative estimate of drug-likeness (QED) is 0.709. The Hall–Kier alpha value is -0.740. The van der Waals surface area contributed by atoms with E-state index in [-0.39, 0.29) is 11.3 Å². The molecule has 0 N–H and O–H groups in total. The summed E-state index contributed by atoms with van der Waals surface area (Å²) in [7, 11) is 1.98. The largest absolute Gasteiger partial charge is 0.344 e.